The van der Waals surface area contributed by atoms with Crippen molar-refractivity contribution >= 4 is 27.7 Å². The van der Waals surface area contributed by atoms with Crippen LogP contribution in [0.1, 0.15) is 24.4 Å². The second-order valence-electron chi connectivity index (χ2n) is 5.53. The maximum absolute atomic E-state index is 13.3. The lowest BCUT2D eigenvalue weighted by Gasteiger charge is -2.14. The van der Waals surface area contributed by atoms with Crippen LogP contribution < -0.4 is 4.74 Å². The monoisotopic (exact) mass is 421 g/mol. The first-order chi connectivity index (χ1) is 12.0. The summed E-state index contributed by atoms with van der Waals surface area (Å²) in [5.41, 5.74) is 0.911. The van der Waals surface area contributed by atoms with Crippen molar-refractivity contribution in [2.45, 2.75) is 23.9 Å². The van der Waals surface area contributed by atoms with Crippen LogP contribution in [0.15, 0.2) is 58.2 Å². The van der Waals surface area contributed by atoms with Crippen molar-refractivity contribution in [3.63, 3.8) is 0 Å². The van der Waals surface area contributed by atoms with Crippen LogP contribution in [0, 0.1) is 5.82 Å². The lowest BCUT2D eigenvalue weighted by atomic mass is 10.2. The molecule has 1 heterocycles. The minimum atomic E-state index is -0.234. The molecule has 1 unspecified atom stereocenters. The van der Waals surface area contributed by atoms with Gasteiger partial charge in [0.15, 0.2) is 17.1 Å². The molecule has 0 aliphatic carbocycles. The van der Waals surface area contributed by atoms with Gasteiger partial charge in [-0.25, -0.2) is 4.39 Å². The molecule has 7 heteroatoms. The van der Waals surface area contributed by atoms with Gasteiger partial charge in [0.05, 0.1) is 0 Å². The first-order valence-corrected chi connectivity index (χ1v) is 9.49. The molecular weight excluding hydrogens is 405 g/mol. The van der Waals surface area contributed by atoms with Crippen LogP contribution in [0.2, 0.25) is 0 Å². The van der Waals surface area contributed by atoms with Crippen molar-refractivity contribution in [3.8, 4) is 5.75 Å². The predicted octanol–water partition coefficient (Wildman–Crippen LogP) is 5.15. The van der Waals surface area contributed by atoms with E-state index in [1.165, 1.54) is 23.9 Å². The van der Waals surface area contributed by atoms with E-state index in [1.807, 2.05) is 48.9 Å². The van der Waals surface area contributed by atoms with Gasteiger partial charge in [0.1, 0.15) is 11.6 Å². The maximum atomic E-state index is 13.3. The molecule has 3 aromatic rings. The van der Waals surface area contributed by atoms with Crippen molar-refractivity contribution in [2.75, 3.05) is 0 Å². The highest BCUT2D eigenvalue weighted by atomic mass is 79.9. The average Bonchev–Trinajstić information content (AvgIpc) is 2.96. The molecule has 0 fully saturated rings. The van der Waals surface area contributed by atoms with E-state index in [0.29, 0.717) is 5.75 Å². The van der Waals surface area contributed by atoms with Gasteiger partial charge in [-0.2, -0.15) is 0 Å². The van der Waals surface area contributed by atoms with Crippen LogP contribution >= 0.6 is 27.7 Å². The Morgan fingerprint density at radius 1 is 1.20 bits per heavy atom. The Bertz CT molecular complexity index is 854. The van der Waals surface area contributed by atoms with Crippen LogP contribution in [0.5, 0.6) is 5.75 Å². The van der Waals surface area contributed by atoms with Gasteiger partial charge in [-0.05, 0) is 48.9 Å². The molecule has 0 aliphatic rings. The third-order valence-electron chi connectivity index (χ3n) is 3.62. The van der Waals surface area contributed by atoms with Crippen molar-refractivity contribution in [2.24, 2.45) is 7.05 Å². The summed E-state index contributed by atoms with van der Waals surface area (Å²) in [5, 5.41) is 9.24. The standard InChI is InChI=1S/C18H17BrFN3OS/c1-12(24-16-8-6-14(19)7-9-16)17-21-22-18(23(17)2)25-11-13-4-3-5-15(20)10-13/h3-10,12H,11H2,1-2H3. The van der Waals surface area contributed by atoms with Gasteiger partial charge in [-0.1, -0.05) is 39.8 Å². The van der Waals surface area contributed by atoms with Gasteiger partial charge < -0.3 is 9.30 Å². The Labute approximate surface area is 158 Å². The molecule has 4 nitrogen and oxygen atoms in total. The van der Waals surface area contributed by atoms with Crippen LogP contribution in [-0.2, 0) is 12.8 Å². The Morgan fingerprint density at radius 2 is 1.96 bits per heavy atom. The molecule has 0 bridgehead atoms. The molecule has 3 rings (SSSR count). The van der Waals surface area contributed by atoms with E-state index < -0.39 is 0 Å². The number of halogens is 2. The molecule has 25 heavy (non-hydrogen) atoms. The largest absolute Gasteiger partial charge is 0.483 e. The Hall–Kier alpha value is -1.86. The first-order valence-electron chi connectivity index (χ1n) is 7.71. The van der Waals surface area contributed by atoms with E-state index in [9.17, 15) is 4.39 Å². The average molecular weight is 422 g/mol. The zero-order chi connectivity index (χ0) is 17.8. The molecule has 0 amide bonds. The fourth-order valence-corrected chi connectivity index (χ4v) is 3.48. The number of nitrogens with zero attached hydrogens (tertiary/aromatic N) is 3. The van der Waals surface area contributed by atoms with E-state index in [1.54, 1.807) is 6.07 Å². The van der Waals surface area contributed by atoms with Crippen molar-refractivity contribution < 1.29 is 9.13 Å². The minimum Gasteiger partial charge on any atom is -0.483 e. The second kappa shape index (κ2) is 8.01. The molecule has 0 aliphatic heterocycles. The fourth-order valence-electron chi connectivity index (χ4n) is 2.35. The van der Waals surface area contributed by atoms with Crippen molar-refractivity contribution in [3.05, 3.63) is 70.2 Å². The van der Waals surface area contributed by atoms with Gasteiger partial charge in [0.25, 0.3) is 0 Å². The number of hydrogen-bond acceptors (Lipinski definition) is 4. The van der Waals surface area contributed by atoms with Gasteiger partial charge in [0.2, 0.25) is 0 Å². The third kappa shape index (κ3) is 4.61. The predicted molar refractivity (Wildman–Crippen MR) is 100 cm³/mol. The van der Waals surface area contributed by atoms with E-state index in [0.717, 1.165) is 26.8 Å². The Morgan fingerprint density at radius 3 is 2.68 bits per heavy atom. The van der Waals surface area contributed by atoms with Crippen molar-refractivity contribution in [1.82, 2.24) is 14.8 Å². The summed E-state index contributed by atoms with van der Waals surface area (Å²) in [6.45, 7) is 1.94. The van der Waals surface area contributed by atoms with Crippen LogP contribution in [-0.4, -0.2) is 14.8 Å². The van der Waals surface area contributed by atoms with E-state index in [-0.39, 0.29) is 11.9 Å². The topological polar surface area (TPSA) is 39.9 Å². The molecule has 0 saturated carbocycles. The van der Waals surface area contributed by atoms with E-state index >= 15 is 0 Å². The molecular formula is C18H17BrFN3OS. The van der Waals surface area contributed by atoms with Crippen LogP contribution in [0.4, 0.5) is 4.39 Å². The third-order valence-corrected chi connectivity index (χ3v) is 5.24. The SMILES string of the molecule is CC(Oc1ccc(Br)cc1)c1nnc(SCc2cccc(F)c2)n1C. The molecule has 2 aromatic carbocycles. The highest BCUT2D eigenvalue weighted by Crippen LogP contribution is 2.26. The molecule has 0 radical (unpaired) electrons. The summed E-state index contributed by atoms with van der Waals surface area (Å²) in [4.78, 5) is 0. The number of aromatic nitrogens is 3. The highest BCUT2D eigenvalue weighted by Gasteiger charge is 2.17. The molecule has 0 saturated heterocycles. The van der Waals surface area contributed by atoms with Gasteiger partial charge in [-0.15, -0.1) is 10.2 Å². The minimum absolute atomic E-state index is 0.228. The smallest absolute Gasteiger partial charge is 0.191 e. The summed E-state index contributed by atoms with van der Waals surface area (Å²) in [7, 11) is 1.91. The summed E-state index contributed by atoms with van der Waals surface area (Å²) >= 11 is 4.92. The molecule has 130 valence electrons. The van der Waals surface area contributed by atoms with E-state index in [2.05, 4.69) is 26.1 Å². The number of thioether (sulfide) groups is 1. The first kappa shape index (κ1) is 17.9. The summed E-state index contributed by atoms with van der Waals surface area (Å²) in [6.07, 6.45) is -0.234. The van der Waals surface area contributed by atoms with Crippen molar-refractivity contribution in [1.29, 1.82) is 0 Å². The zero-order valence-corrected chi connectivity index (χ0v) is 16.2. The highest BCUT2D eigenvalue weighted by molar-refractivity contribution is 9.10. The van der Waals surface area contributed by atoms with Crippen LogP contribution in [0.25, 0.3) is 0 Å². The Balaban J connectivity index is 1.66. The molecule has 0 N–H and O–H groups in total. The molecule has 1 aromatic heterocycles. The van der Waals surface area contributed by atoms with Crippen LogP contribution in [0.3, 0.4) is 0 Å². The number of hydrogen-bond donors (Lipinski definition) is 0. The summed E-state index contributed by atoms with van der Waals surface area (Å²) < 4.78 is 22.1. The fraction of sp³-hybridized carbons (Fsp3) is 0.222. The maximum Gasteiger partial charge on any atom is 0.191 e. The van der Waals surface area contributed by atoms with Gasteiger partial charge in [-0.3, -0.25) is 0 Å². The zero-order valence-electron chi connectivity index (χ0n) is 13.8. The normalized spacial score (nSPS) is 12.2. The number of benzene rings is 2. The van der Waals surface area contributed by atoms with Gasteiger partial charge >= 0.3 is 0 Å². The molecule has 1 atom stereocenters. The lowest BCUT2D eigenvalue weighted by molar-refractivity contribution is 0.211. The second-order valence-corrected chi connectivity index (χ2v) is 7.39. The lowest BCUT2D eigenvalue weighted by Crippen LogP contribution is -2.10. The number of ether oxygens (including phenoxy) is 1. The Kier molecular flexibility index (Phi) is 5.75. The number of rotatable bonds is 6. The summed E-state index contributed by atoms with van der Waals surface area (Å²) in [5.74, 6) is 1.91. The van der Waals surface area contributed by atoms with E-state index in [4.69, 9.17) is 4.74 Å². The quantitative estimate of drug-likeness (QED) is 0.516. The summed E-state index contributed by atoms with van der Waals surface area (Å²) in [6, 6.07) is 14.2. The molecule has 0 spiro atoms. The van der Waals surface area contributed by atoms with Gasteiger partial charge in [0, 0.05) is 17.3 Å².